The molecule has 0 amide bonds. The minimum absolute atomic E-state index is 0.0783. The first-order valence-electron chi connectivity index (χ1n) is 6.76. The number of rotatable bonds is 0. The van der Waals surface area contributed by atoms with Crippen LogP contribution in [0.5, 0.6) is 0 Å². The van der Waals surface area contributed by atoms with E-state index >= 15 is 0 Å². The predicted molar refractivity (Wildman–Crippen MR) is 90.2 cm³/mol. The quantitative estimate of drug-likeness (QED) is 0.267. The molecule has 25 heavy (non-hydrogen) atoms. The highest BCUT2D eigenvalue weighted by Crippen LogP contribution is 1.98. The number of hydrogen-bond acceptors (Lipinski definition) is 9. The fourth-order valence-electron chi connectivity index (χ4n) is 1.50. The molecule has 0 aromatic carbocycles. The molecule has 0 atom stereocenters. The van der Waals surface area contributed by atoms with Crippen molar-refractivity contribution in [3.8, 4) is 0 Å². The van der Waals surface area contributed by atoms with Crippen LogP contribution in [0.3, 0.4) is 0 Å². The van der Waals surface area contributed by atoms with Crippen LogP contribution in [0.4, 0.5) is 11.8 Å². The second kappa shape index (κ2) is 8.52. The summed E-state index contributed by atoms with van der Waals surface area (Å²) in [5, 5.41) is 0. The van der Waals surface area contributed by atoms with E-state index in [9.17, 15) is 9.59 Å². The molecule has 0 aliphatic rings. The van der Waals surface area contributed by atoms with Crippen LogP contribution >= 0.6 is 0 Å². The van der Waals surface area contributed by atoms with E-state index in [0.29, 0.717) is 11.2 Å². The van der Waals surface area contributed by atoms with Crippen molar-refractivity contribution in [2.75, 3.05) is 11.5 Å². The van der Waals surface area contributed by atoms with Crippen LogP contribution in [0.15, 0.2) is 53.0 Å². The van der Waals surface area contributed by atoms with Gasteiger partial charge in [0.15, 0.2) is 11.2 Å². The van der Waals surface area contributed by atoms with Crippen LogP contribution in [0.2, 0.25) is 0 Å². The summed E-state index contributed by atoms with van der Waals surface area (Å²) in [4.78, 5) is 46.8. The maximum Gasteiger partial charge on any atom is 0.346 e. The normalized spacial score (nSPS) is 9.44. The van der Waals surface area contributed by atoms with E-state index in [1.54, 1.807) is 18.5 Å². The van der Waals surface area contributed by atoms with Crippen molar-refractivity contribution in [2.45, 2.75) is 0 Å². The molecule has 0 bridgehead atoms. The van der Waals surface area contributed by atoms with Gasteiger partial charge in [0.25, 0.3) is 5.56 Å². The van der Waals surface area contributed by atoms with E-state index in [1.165, 1.54) is 24.9 Å². The molecule has 128 valence electrons. The molecule has 4 aromatic rings. The molecule has 4 heterocycles. The third-order valence-electron chi connectivity index (χ3n) is 2.48. The lowest BCUT2D eigenvalue weighted by atomic mass is 10.5. The number of anilines is 2. The largest absolute Gasteiger partial charge is 0.383 e. The number of nitrogens with zero attached hydrogens (tertiary/aromatic N) is 5. The lowest BCUT2D eigenvalue weighted by Crippen LogP contribution is -2.10. The second-order valence-electron chi connectivity index (χ2n) is 4.28. The lowest BCUT2D eigenvalue weighted by Gasteiger charge is -1.89. The monoisotopic (exact) mass is 342 g/mol. The van der Waals surface area contributed by atoms with Gasteiger partial charge in [-0.2, -0.15) is 9.97 Å². The fraction of sp³-hybridized carbons (Fsp3) is 0. The van der Waals surface area contributed by atoms with Gasteiger partial charge in [0.2, 0.25) is 5.95 Å². The molecule has 0 radical (unpaired) electrons. The highest BCUT2D eigenvalue weighted by Gasteiger charge is 2.01. The lowest BCUT2D eigenvalue weighted by molar-refractivity contribution is 1.08. The van der Waals surface area contributed by atoms with Crippen molar-refractivity contribution in [2.24, 2.45) is 0 Å². The summed E-state index contributed by atoms with van der Waals surface area (Å²) in [7, 11) is 0. The van der Waals surface area contributed by atoms with Gasteiger partial charge in [0, 0.05) is 18.6 Å². The summed E-state index contributed by atoms with van der Waals surface area (Å²) in [5.74, 6) is 0.323. The van der Waals surface area contributed by atoms with Crippen molar-refractivity contribution < 1.29 is 0 Å². The predicted octanol–water partition coefficient (Wildman–Crippen LogP) is -0.943. The Morgan fingerprint density at radius 1 is 1.00 bits per heavy atom. The second-order valence-corrected chi connectivity index (χ2v) is 4.28. The van der Waals surface area contributed by atoms with Gasteiger partial charge in [0.05, 0.1) is 6.33 Å². The minimum atomic E-state index is -0.412. The molecule has 0 aliphatic heterocycles. The summed E-state index contributed by atoms with van der Waals surface area (Å²) in [6, 6.07) is 3.29. The number of aromatic amines is 3. The van der Waals surface area contributed by atoms with Crippen molar-refractivity contribution >= 4 is 22.9 Å². The van der Waals surface area contributed by atoms with Gasteiger partial charge in [-0.1, -0.05) is 0 Å². The molecule has 4 rings (SSSR count). The number of H-pyrrole nitrogens is 3. The summed E-state index contributed by atoms with van der Waals surface area (Å²) in [6.45, 7) is 0. The van der Waals surface area contributed by atoms with Gasteiger partial charge in [-0.15, -0.1) is 0 Å². The summed E-state index contributed by atoms with van der Waals surface area (Å²) < 4.78 is 0. The van der Waals surface area contributed by atoms with Gasteiger partial charge in [0.1, 0.15) is 12.1 Å². The first kappa shape index (κ1) is 17.3. The number of nitrogens with one attached hydrogen (secondary N) is 3. The molecule has 4 aromatic heterocycles. The smallest absolute Gasteiger partial charge is 0.346 e. The molecule has 0 aliphatic carbocycles. The number of aromatic nitrogens is 8. The van der Waals surface area contributed by atoms with Crippen LogP contribution < -0.4 is 22.7 Å². The molecular weight excluding hydrogens is 328 g/mol. The van der Waals surface area contributed by atoms with Crippen molar-refractivity contribution in [1.29, 1.82) is 0 Å². The van der Waals surface area contributed by atoms with Crippen LogP contribution in [0, 0.1) is 0 Å². The number of hydrogen-bond donors (Lipinski definition) is 5. The molecule has 0 unspecified atom stereocenters. The maximum atomic E-state index is 11.0. The minimum Gasteiger partial charge on any atom is -0.383 e. The Morgan fingerprint density at radius 3 is 2.28 bits per heavy atom. The summed E-state index contributed by atoms with van der Waals surface area (Å²) in [6.07, 6.45) is 7.72. The Labute approximate surface area is 139 Å². The summed E-state index contributed by atoms with van der Waals surface area (Å²) in [5.41, 5.74) is 10.4. The Kier molecular flexibility index (Phi) is 5.88. The Bertz CT molecular complexity index is 997. The molecule has 7 N–H and O–H groups in total. The van der Waals surface area contributed by atoms with Gasteiger partial charge in [-0.05, 0) is 12.1 Å². The van der Waals surface area contributed by atoms with E-state index in [-0.39, 0.29) is 17.3 Å². The van der Waals surface area contributed by atoms with Crippen molar-refractivity contribution in [3.05, 3.63) is 64.2 Å². The van der Waals surface area contributed by atoms with Crippen molar-refractivity contribution in [3.63, 3.8) is 0 Å². The Morgan fingerprint density at radius 2 is 1.76 bits per heavy atom. The van der Waals surface area contributed by atoms with E-state index in [4.69, 9.17) is 11.5 Å². The van der Waals surface area contributed by atoms with E-state index in [2.05, 4.69) is 39.9 Å². The number of nitrogen functional groups attached to an aromatic ring is 2. The number of fused-ring (bicyclic) bond motifs is 1. The number of nitrogens with two attached hydrogens (primary N) is 2. The zero-order valence-electron chi connectivity index (χ0n) is 12.7. The maximum absolute atomic E-state index is 11.0. The average molecular weight is 342 g/mol. The number of imidazole rings is 1. The standard InChI is InChI=1S/C5H5N5O.C4H5N3O.C4H4N2/c6-5-9-3-2(4(11)10-5)7-1-8-3;5-3-1-2-6-4(8)7-3;1-2-5-4-6-3-1/h1H,(H4,6,7,8,9,10,11);1-2H,(H3,5,6,7,8);1-4H. The topological polar surface area (TPSA) is 198 Å². The zero-order valence-corrected chi connectivity index (χ0v) is 12.7. The first-order chi connectivity index (χ1) is 12.1. The molecule has 12 nitrogen and oxygen atoms in total. The first-order valence-corrected chi connectivity index (χ1v) is 6.76. The highest BCUT2D eigenvalue weighted by atomic mass is 16.1. The van der Waals surface area contributed by atoms with E-state index < -0.39 is 5.69 Å². The zero-order chi connectivity index (χ0) is 18.1. The van der Waals surface area contributed by atoms with Gasteiger partial charge >= 0.3 is 5.69 Å². The Hall–Kier alpha value is -4.09. The van der Waals surface area contributed by atoms with Crippen LogP contribution in [-0.2, 0) is 0 Å². The molecule has 0 saturated carbocycles. The van der Waals surface area contributed by atoms with E-state index in [1.807, 2.05) is 0 Å². The van der Waals surface area contributed by atoms with Gasteiger partial charge in [-0.3, -0.25) is 9.78 Å². The SMILES string of the molecule is Nc1cc[nH]c(=O)n1.Nc1nc2nc[nH]c2c(=O)[nH]1.c1cncnc1. The fourth-order valence-corrected chi connectivity index (χ4v) is 1.50. The van der Waals surface area contributed by atoms with Gasteiger partial charge < -0.3 is 21.4 Å². The highest BCUT2D eigenvalue weighted by molar-refractivity contribution is 5.69. The third kappa shape index (κ3) is 5.55. The van der Waals surface area contributed by atoms with Crippen LogP contribution in [-0.4, -0.2) is 39.9 Å². The Balaban J connectivity index is 0.000000142. The molecule has 12 heteroatoms. The van der Waals surface area contributed by atoms with Crippen LogP contribution in [0.25, 0.3) is 11.2 Å². The van der Waals surface area contributed by atoms with Crippen LogP contribution in [0.1, 0.15) is 0 Å². The molecule has 0 spiro atoms. The van der Waals surface area contributed by atoms with Gasteiger partial charge in [-0.25, -0.2) is 19.7 Å². The summed E-state index contributed by atoms with van der Waals surface area (Å²) >= 11 is 0. The molecule has 0 saturated heterocycles. The average Bonchev–Trinajstić information content (AvgIpc) is 3.06. The molecular formula is C13H14N10O2. The van der Waals surface area contributed by atoms with Crippen molar-refractivity contribution in [1.82, 2.24) is 39.9 Å². The molecule has 0 fully saturated rings. The van der Waals surface area contributed by atoms with E-state index in [0.717, 1.165) is 0 Å². The third-order valence-corrected chi connectivity index (χ3v) is 2.48.